The summed E-state index contributed by atoms with van der Waals surface area (Å²) in [6.07, 6.45) is 0. The van der Waals surface area contributed by atoms with Gasteiger partial charge < -0.3 is 10.1 Å². The van der Waals surface area contributed by atoms with Crippen molar-refractivity contribution in [3.05, 3.63) is 27.7 Å². The van der Waals surface area contributed by atoms with E-state index in [2.05, 4.69) is 28.2 Å². The van der Waals surface area contributed by atoms with Gasteiger partial charge in [-0.3, -0.25) is 0 Å². The summed E-state index contributed by atoms with van der Waals surface area (Å²) >= 11 is 9.40. The Morgan fingerprint density at radius 1 is 1.50 bits per heavy atom. The van der Waals surface area contributed by atoms with Crippen molar-refractivity contribution in [1.29, 1.82) is 0 Å². The van der Waals surface area contributed by atoms with E-state index in [0.717, 1.165) is 23.3 Å². The van der Waals surface area contributed by atoms with Gasteiger partial charge in [-0.05, 0) is 25.1 Å². The second kappa shape index (κ2) is 3.72. The fourth-order valence-electron chi connectivity index (χ4n) is 1.37. The van der Waals surface area contributed by atoms with Gasteiger partial charge in [0.2, 0.25) is 0 Å². The van der Waals surface area contributed by atoms with E-state index in [0.29, 0.717) is 5.02 Å². The zero-order valence-corrected chi connectivity index (χ0v) is 10.2. The highest BCUT2D eigenvalue weighted by Crippen LogP contribution is 2.31. The smallest absolute Gasteiger partial charge is 0.138 e. The Hall–Kier alpha value is -0.250. The monoisotopic (exact) mass is 275 g/mol. The van der Waals surface area contributed by atoms with Crippen molar-refractivity contribution in [3.63, 3.8) is 0 Å². The first-order valence-corrected chi connectivity index (χ1v) is 5.61. The molecule has 1 saturated heterocycles. The van der Waals surface area contributed by atoms with Crippen molar-refractivity contribution < 1.29 is 4.74 Å². The number of ether oxygens (including phenoxy) is 1. The summed E-state index contributed by atoms with van der Waals surface area (Å²) in [5.41, 5.74) is -0.0997. The minimum absolute atomic E-state index is 0.0997. The Labute approximate surface area is 96.7 Å². The summed E-state index contributed by atoms with van der Waals surface area (Å²) in [4.78, 5) is 0. The lowest BCUT2D eigenvalue weighted by Crippen LogP contribution is -2.61. The highest BCUT2D eigenvalue weighted by Gasteiger charge is 2.34. The first-order chi connectivity index (χ1) is 6.59. The lowest BCUT2D eigenvalue weighted by Gasteiger charge is -2.39. The molecule has 0 unspecified atom stereocenters. The molecule has 0 saturated carbocycles. The van der Waals surface area contributed by atoms with Gasteiger partial charge in [-0.2, -0.15) is 0 Å². The number of nitrogens with one attached hydrogen (secondary N) is 1. The summed E-state index contributed by atoms with van der Waals surface area (Å²) in [6, 6.07) is 5.65. The molecule has 0 amide bonds. The topological polar surface area (TPSA) is 21.3 Å². The van der Waals surface area contributed by atoms with Crippen LogP contribution in [0.2, 0.25) is 5.02 Å². The van der Waals surface area contributed by atoms with Crippen molar-refractivity contribution in [2.24, 2.45) is 0 Å². The van der Waals surface area contributed by atoms with Gasteiger partial charge in [-0.1, -0.05) is 27.5 Å². The Bertz CT molecular complexity index is 352. The predicted octanol–water partition coefficient (Wildman–Crippen LogP) is 2.84. The SMILES string of the molecule is CC1(Oc2ccc(Br)cc2Cl)CNC1. The van der Waals surface area contributed by atoms with Gasteiger partial charge in [0.15, 0.2) is 0 Å². The van der Waals surface area contributed by atoms with Crippen LogP contribution in [0.4, 0.5) is 0 Å². The molecule has 14 heavy (non-hydrogen) atoms. The molecule has 1 N–H and O–H groups in total. The molecule has 1 fully saturated rings. The molecule has 1 aliphatic heterocycles. The van der Waals surface area contributed by atoms with Crippen LogP contribution in [0.25, 0.3) is 0 Å². The van der Waals surface area contributed by atoms with Crippen molar-refractivity contribution in [2.75, 3.05) is 13.1 Å². The third-order valence-electron chi connectivity index (χ3n) is 2.25. The molecule has 2 rings (SSSR count). The Kier molecular flexibility index (Phi) is 2.73. The van der Waals surface area contributed by atoms with Gasteiger partial charge in [0, 0.05) is 17.6 Å². The van der Waals surface area contributed by atoms with Gasteiger partial charge >= 0.3 is 0 Å². The van der Waals surface area contributed by atoms with E-state index in [9.17, 15) is 0 Å². The number of rotatable bonds is 2. The minimum Gasteiger partial charge on any atom is -0.483 e. The standard InChI is InChI=1S/C10H11BrClNO/c1-10(5-13-6-10)14-9-3-2-7(11)4-8(9)12/h2-4,13H,5-6H2,1H3. The Morgan fingerprint density at radius 2 is 2.21 bits per heavy atom. The fraction of sp³-hybridized carbons (Fsp3) is 0.400. The molecule has 0 aromatic heterocycles. The summed E-state index contributed by atoms with van der Waals surface area (Å²) in [5, 5.41) is 3.82. The molecule has 0 aliphatic carbocycles. The molecule has 0 bridgehead atoms. The molecule has 1 aliphatic rings. The lowest BCUT2D eigenvalue weighted by atomic mass is 10.00. The summed E-state index contributed by atoms with van der Waals surface area (Å²) in [7, 11) is 0. The highest BCUT2D eigenvalue weighted by molar-refractivity contribution is 9.10. The van der Waals surface area contributed by atoms with Gasteiger partial charge in [0.1, 0.15) is 11.4 Å². The Morgan fingerprint density at radius 3 is 2.71 bits per heavy atom. The number of hydrogen-bond donors (Lipinski definition) is 1. The van der Waals surface area contributed by atoms with Gasteiger partial charge in [-0.25, -0.2) is 0 Å². The number of benzene rings is 1. The zero-order chi connectivity index (χ0) is 10.2. The quantitative estimate of drug-likeness (QED) is 0.897. The summed E-state index contributed by atoms with van der Waals surface area (Å²) in [5.74, 6) is 0.749. The van der Waals surface area contributed by atoms with E-state index >= 15 is 0 Å². The highest BCUT2D eigenvalue weighted by atomic mass is 79.9. The van der Waals surface area contributed by atoms with E-state index in [4.69, 9.17) is 16.3 Å². The van der Waals surface area contributed by atoms with Crippen LogP contribution in [0.1, 0.15) is 6.92 Å². The van der Waals surface area contributed by atoms with Gasteiger partial charge in [0.25, 0.3) is 0 Å². The molecule has 2 nitrogen and oxygen atoms in total. The predicted molar refractivity (Wildman–Crippen MR) is 61.1 cm³/mol. The van der Waals surface area contributed by atoms with Crippen molar-refractivity contribution in [1.82, 2.24) is 5.32 Å². The van der Waals surface area contributed by atoms with Gasteiger partial charge in [-0.15, -0.1) is 0 Å². The average molecular weight is 277 g/mol. The molecule has 0 atom stereocenters. The fourth-order valence-corrected chi connectivity index (χ4v) is 2.08. The van der Waals surface area contributed by atoms with Crippen LogP contribution in [0, 0.1) is 0 Å². The van der Waals surface area contributed by atoms with Crippen molar-refractivity contribution in [2.45, 2.75) is 12.5 Å². The minimum atomic E-state index is -0.0997. The summed E-state index contributed by atoms with van der Waals surface area (Å²) < 4.78 is 6.77. The van der Waals surface area contributed by atoms with Crippen molar-refractivity contribution in [3.8, 4) is 5.75 Å². The Balaban J connectivity index is 2.16. The average Bonchev–Trinajstić information content (AvgIpc) is 2.07. The van der Waals surface area contributed by atoms with Crippen LogP contribution in [0.15, 0.2) is 22.7 Å². The molecular formula is C10H11BrClNO. The first kappa shape index (κ1) is 10.3. The van der Waals surface area contributed by atoms with Crippen LogP contribution in [0.3, 0.4) is 0 Å². The molecule has 1 aromatic rings. The third kappa shape index (κ3) is 2.05. The second-order valence-electron chi connectivity index (χ2n) is 3.73. The number of hydrogen-bond acceptors (Lipinski definition) is 2. The third-order valence-corrected chi connectivity index (χ3v) is 3.04. The maximum absolute atomic E-state index is 6.04. The normalized spacial score (nSPS) is 18.8. The molecule has 4 heteroatoms. The number of halogens is 2. The van der Waals surface area contributed by atoms with Crippen LogP contribution in [0.5, 0.6) is 5.75 Å². The van der Waals surface area contributed by atoms with E-state index in [1.54, 1.807) is 0 Å². The van der Waals surface area contributed by atoms with E-state index in [1.807, 2.05) is 18.2 Å². The van der Waals surface area contributed by atoms with E-state index in [1.165, 1.54) is 0 Å². The largest absolute Gasteiger partial charge is 0.483 e. The van der Waals surface area contributed by atoms with Crippen LogP contribution in [-0.2, 0) is 0 Å². The molecular weight excluding hydrogens is 265 g/mol. The molecule has 0 spiro atoms. The maximum Gasteiger partial charge on any atom is 0.138 e. The van der Waals surface area contributed by atoms with E-state index < -0.39 is 0 Å². The molecule has 0 radical (unpaired) electrons. The maximum atomic E-state index is 6.04. The molecule has 1 heterocycles. The molecule has 1 aromatic carbocycles. The van der Waals surface area contributed by atoms with Crippen LogP contribution in [-0.4, -0.2) is 18.7 Å². The second-order valence-corrected chi connectivity index (χ2v) is 5.05. The summed E-state index contributed by atoms with van der Waals surface area (Å²) in [6.45, 7) is 3.82. The van der Waals surface area contributed by atoms with Crippen molar-refractivity contribution >= 4 is 27.5 Å². The van der Waals surface area contributed by atoms with Crippen LogP contribution < -0.4 is 10.1 Å². The first-order valence-electron chi connectivity index (χ1n) is 4.44. The van der Waals surface area contributed by atoms with E-state index in [-0.39, 0.29) is 5.60 Å². The van der Waals surface area contributed by atoms with Crippen LogP contribution >= 0.6 is 27.5 Å². The zero-order valence-electron chi connectivity index (χ0n) is 7.81. The molecule has 76 valence electrons. The van der Waals surface area contributed by atoms with Gasteiger partial charge in [0.05, 0.1) is 5.02 Å². The lowest BCUT2D eigenvalue weighted by molar-refractivity contribution is 0.0349.